The van der Waals surface area contributed by atoms with Crippen molar-refractivity contribution >= 4 is 45.7 Å². The summed E-state index contributed by atoms with van der Waals surface area (Å²) in [5.74, 6) is -0.0450. The van der Waals surface area contributed by atoms with E-state index in [9.17, 15) is 9.59 Å². The fourth-order valence-corrected chi connectivity index (χ4v) is 4.56. The largest absolute Gasteiger partial charge is 0.322 e. The van der Waals surface area contributed by atoms with Gasteiger partial charge in [-0.25, -0.2) is 4.98 Å². The molecule has 0 aliphatic rings. The highest BCUT2D eigenvalue weighted by Crippen LogP contribution is 2.26. The van der Waals surface area contributed by atoms with Gasteiger partial charge in [-0.2, -0.15) is 0 Å². The van der Waals surface area contributed by atoms with Gasteiger partial charge in [0.2, 0.25) is 5.91 Å². The van der Waals surface area contributed by atoms with E-state index in [1.165, 1.54) is 28.7 Å². The first-order valence-electron chi connectivity index (χ1n) is 10.4. The molecule has 0 bridgehead atoms. The van der Waals surface area contributed by atoms with Crippen LogP contribution in [-0.4, -0.2) is 22.6 Å². The van der Waals surface area contributed by atoms with Crippen molar-refractivity contribution in [2.45, 2.75) is 18.7 Å². The number of benzene rings is 3. The van der Waals surface area contributed by atoms with Crippen LogP contribution in [0.2, 0.25) is 0 Å². The maximum Gasteiger partial charge on any atom is 0.255 e. The Morgan fingerprint density at radius 3 is 2.33 bits per heavy atom. The summed E-state index contributed by atoms with van der Waals surface area (Å²) in [7, 11) is 0. The zero-order valence-corrected chi connectivity index (χ0v) is 19.9. The quantitative estimate of drug-likeness (QED) is 0.304. The zero-order chi connectivity index (χ0) is 23.2. The summed E-state index contributed by atoms with van der Waals surface area (Å²) in [5, 5.41) is 8.29. The maximum atomic E-state index is 12.4. The fraction of sp³-hybridized carbons (Fsp3) is 0.115. The lowest BCUT2D eigenvalue weighted by Crippen LogP contribution is -2.14. The Kier molecular flexibility index (Phi) is 7.22. The molecule has 0 radical (unpaired) electrons. The van der Waals surface area contributed by atoms with E-state index in [-0.39, 0.29) is 17.6 Å². The molecule has 2 N–H and O–H groups in total. The summed E-state index contributed by atoms with van der Waals surface area (Å²) in [5.41, 5.74) is 5.46. The van der Waals surface area contributed by atoms with Crippen LogP contribution in [0.3, 0.4) is 0 Å². The molecule has 0 spiro atoms. The van der Waals surface area contributed by atoms with Gasteiger partial charge in [-0.05, 0) is 44.2 Å². The van der Waals surface area contributed by atoms with Crippen LogP contribution < -0.4 is 10.6 Å². The predicted octanol–water partition coefficient (Wildman–Crippen LogP) is 6.41. The Labute approximate surface area is 201 Å². The van der Waals surface area contributed by atoms with Gasteiger partial charge in [0.1, 0.15) is 0 Å². The molecule has 1 aromatic heterocycles. The van der Waals surface area contributed by atoms with E-state index < -0.39 is 0 Å². The molecule has 0 fully saturated rings. The predicted molar refractivity (Wildman–Crippen MR) is 137 cm³/mol. The molecule has 1 heterocycles. The van der Waals surface area contributed by atoms with Crippen LogP contribution in [0, 0.1) is 13.8 Å². The molecule has 0 unspecified atom stereocenters. The summed E-state index contributed by atoms with van der Waals surface area (Å²) in [4.78, 5) is 30.3. The molecule has 5 nitrogen and oxygen atoms in total. The van der Waals surface area contributed by atoms with E-state index in [4.69, 9.17) is 0 Å². The van der Waals surface area contributed by atoms with Crippen molar-refractivity contribution in [1.82, 2.24) is 4.98 Å². The Balaban J connectivity index is 1.31. The topological polar surface area (TPSA) is 71.1 Å². The summed E-state index contributed by atoms with van der Waals surface area (Å²) in [6.45, 7) is 4.03. The smallest absolute Gasteiger partial charge is 0.255 e. The molecular formula is C26H23N3O2S2. The molecule has 0 aliphatic heterocycles. The number of nitrogens with one attached hydrogen (secondary N) is 2. The first-order valence-corrected chi connectivity index (χ1v) is 12.3. The molecule has 3 aromatic carbocycles. The first kappa shape index (κ1) is 22.8. The van der Waals surface area contributed by atoms with Gasteiger partial charge >= 0.3 is 0 Å². The van der Waals surface area contributed by atoms with Crippen molar-refractivity contribution < 1.29 is 9.59 Å². The molecule has 33 heavy (non-hydrogen) atoms. The van der Waals surface area contributed by atoms with Gasteiger partial charge in [-0.3, -0.25) is 9.59 Å². The number of carbonyl (C=O) groups excluding carboxylic acids is 2. The van der Waals surface area contributed by atoms with Crippen LogP contribution in [0.5, 0.6) is 0 Å². The summed E-state index contributed by atoms with van der Waals surface area (Å²) in [6.07, 6.45) is 0. The van der Waals surface area contributed by atoms with Crippen molar-refractivity contribution in [3.05, 3.63) is 94.9 Å². The Hall–Kier alpha value is -3.42. The van der Waals surface area contributed by atoms with E-state index >= 15 is 0 Å². The maximum absolute atomic E-state index is 12.4. The van der Waals surface area contributed by atoms with E-state index in [1.807, 2.05) is 79.9 Å². The van der Waals surface area contributed by atoms with Gasteiger partial charge in [0.05, 0.1) is 11.4 Å². The van der Waals surface area contributed by atoms with Crippen LogP contribution >= 0.6 is 23.1 Å². The molecule has 2 amide bonds. The number of aromatic nitrogens is 1. The first-order chi connectivity index (χ1) is 16.0. The number of thiazole rings is 1. The molecule has 0 saturated heterocycles. The summed E-state index contributed by atoms with van der Waals surface area (Å²) in [6, 6.07) is 23.0. The summed E-state index contributed by atoms with van der Waals surface area (Å²) >= 11 is 2.81. The lowest BCUT2D eigenvalue weighted by molar-refractivity contribution is -0.113. The molecular weight excluding hydrogens is 450 g/mol. The average Bonchev–Trinajstić information content (AvgIpc) is 3.27. The number of hydrogen-bond acceptors (Lipinski definition) is 5. The third kappa shape index (κ3) is 6.31. The molecule has 4 aromatic rings. The van der Waals surface area contributed by atoms with Crippen LogP contribution in [0.1, 0.15) is 21.5 Å². The van der Waals surface area contributed by atoms with E-state index in [2.05, 4.69) is 15.6 Å². The number of anilines is 2. The normalized spacial score (nSPS) is 10.6. The van der Waals surface area contributed by atoms with Gasteiger partial charge in [0.15, 0.2) is 5.13 Å². The fourth-order valence-electron chi connectivity index (χ4n) is 3.06. The van der Waals surface area contributed by atoms with Crippen LogP contribution in [0.15, 0.2) is 83.1 Å². The zero-order valence-electron chi connectivity index (χ0n) is 18.3. The second kappa shape index (κ2) is 10.5. The number of amides is 2. The van der Waals surface area contributed by atoms with Gasteiger partial charge in [0, 0.05) is 27.1 Å². The Bertz CT molecular complexity index is 1270. The highest BCUT2D eigenvalue weighted by Gasteiger charge is 2.10. The molecule has 0 atom stereocenters. The number of nitrogens with zero attached hydrogens (tertiary/aromatic N) is 1. The lowest BCUT2D eigenvalue weighted by Gasteiger charge is -2.08. The third-order valence-corrected chi connectivity index (χ3v) is 6.62. The van der Waals surface area contributed by atoms with Crippen molar-refractivity contribution in [1.29, 1.82) is 0 Å². The minimum Gasteiger partial charge on any atom is -0.322 e. The second-order valence-electron chi connectivity index (χ2n) is 7.59. The van der Waals surface area contributed by atoms with Crippen molar-refractivity contribution in [2.24, 2.45) is 0 Å². The standard InChI is InChI=1S/C26H23N3O2S2/c1-17-6-10-19(11-7-17)23-15-33-26(28-23)29-24(30)16-32-22-5-3-4-21(14-22)27-25(31)20-12-8-18(2)9-13-20/h3-15H,16H2,1-2H3,(H,27,31)(H,28,29,30). The third-order valence-electron chi connectivity index (χ3n) is 4.87. The lowest BCUT2D eigenvalue weighted by atomic mass is 10.1. The molecule has 7 heteroatoms. The summed E-state index contributed by atoms with van der Waals surface area (Å²) < 4.78 is 0. The van der Waals surface area contributed by atoms with E-state index in [0.717, 1.165) is 21.7 Å². The van der Waals surface area contributed by atoms with Crippen LogP contribution in [0.25, 0.3) is 11.3 Å². The monoisotopic (exact) mass is 473 g/mol. The molecule has 4 rings (SSSR count). The molecule has 166 valence electrons. The highest BCUT2D eigenvalue weighted by molar-refractivity contribution is 8.00. The van der Waals surface area contributed by atoms with Crippen molar-refractivity contribution in [3.63, 3.8) is 0 Å². The van der Waals surface area contributed by atoms with Gasteiger partial charge < -0.3 is 10.6 Å². The SMILES string of the molecule is Cc1ccc(C(=O)Nc2cccc(SCC(=O)Nc3nc(-c4ccc(C)cc4)cs3)c2)cc1. The number of carbonyl (C=O) groups is 2. The number of thioether (sulfide) groups is 1. The van der Waals surface area contributed by atoms with Crippen molar-refractivity contribution in [3.8, 4) is 11.3 Å². The number of aryl methyl sites for hydroxylation is 2. The average molecular weight is 474 g/mol. The van der Waals surface area contributed by atoms with Gasteiger partial charge in [-0.15, -0.1) is 23.1 Å². The van der Waals surface area contributed by atoms with Gasteiger partial charge in [-0.1, -0.05) is 53.6 Å². The number of hydrogen-bond donors (Lipinski definition) is 2. The second-order valence-corrected chi connectivity index (χ2v) is 9.50. The minimum atomic E-state index is -0.164. The van der Waals surface area contributed by atoms with Gasteiger partial charge in [0.25, 0.3) is 5.91 Å². The number of rotatable bonds is 7. The highest BCUT2D eigenvalue weighted by atomic mass is 32.2. The van der Waals surface area contributed by atoms with Crippen LogP contribution in [-0.2, 0) is 4.79 Å². The molecule has 0 aliphatic carbocycles. The Morgan fingerprint density at radius 2 is 1.61 bits per heavy atom. The van der Waals surface area contributed by atoms with Crippen molar-refractivity contribution in [2.75, 3.05) is 16.4 Å². The van der Waals surface area contributed by atoms with Crippen LogP contribution in [0.4, 0.5) is 10.8 Å². The molecule has 0 saturated carbocycles. The van der Waals surface area contributed by atoms with E-state index in [1.54, 1.807) is 12.1 Å². The van der Waals surface area contributed by atoms with E-state index in [0.29, 0.717) is 16.4 Å². The Morgan fingerprint density at radius 1 is 0.909 bits per heavy atom. The minimum absolute atomic E-state index is 0.126.